The molecule has 12 rings (SSSR count). The zero-order valence-corrected chi connectivity index (χ0v) is 74.6. The van der Waals surface area contributed by atoms with Crippen LogP contribution in [0.25, 0.3) is 0 Å². The van der Waals surface area contributed by atoms with Gasteiger partial charge in [0, 0.05) is 14.2 Å². The molecule has 0 bridgehead atoms. The second-order valence-corrected chi connectivity index (χ2v) is 66.3. The van der Waals surface area contributed by atoms with Crippen LogP contribution in [0, 0.1) is 0 Å². The van der Waals surface area contributed by atoms with Gasteiger partial charge in [-0.25, -0.2) is 0 Å². The van der Waals surface area contributed by atoms with Crippen LogP contribution in [0.4, 0.5) is 0 Å². The van der Waals surface area contributed by atoms with Gasteiger partial charge in [-0.1, -0.05) is 72.5 Å². The molecule has 12 unspecified atom stereocenters. The Bertz CT molecular complexity index is 2610. The van der Waals surface area contributed by atoms with Gasteiger partial charge in [-0.15, -0.1) is 0 Å². The highest BCUT2D eigenvalue weighted by Crippen LogP contribution is 3.18. The monoisotopic (exact) mass is 1420 g/mol. The molecule has 18 nitrogen and oxygen atoms in total. The van der Waals surface area contributed by atoms with Crippen molar-refractivity contribution in [1.29, 1.82) is 0 Å². The number of ether oxygens (including phenoxy) is 1. The fourth-order valence-corrected chi connectivity index (χ4v) is 43.5. The lowest BCUT2D eigenvalue weighted by molar-refractivity contribution is -0.840. The second-order valence-electron chi connectivity index (χ2n) is 30.2. The van der Waals surface area contributed by atoms with E-state index >= 15 is 0 Å². The quantitative estimate of drug-likeness (QED) is 0.0824. The van der Waals surface area contributed by atoms with Gasteiger partial charge in [0.15, 0.2) is 200 Å². The van der Waals surface area contributed by atoms with Gasteiger partial charge in [-0.3, -0.25) is 0 Å². The second kappa shape index (κ2) is 19.4. The first-order valence-electron chi connectivity index (χ1n) is 31.7. The van der Waals surface area contributed by atoms with Crippen LogP contribution in [0.2, 0.25) is 176 Å². The van der Waals surface area contributed by atoms with Crippen LogP contribution in [0.3, 0.4) is 0 Å². The van der Waals surface area contributed by atoms with Gasteiger partial charge in [0.2, 0.25) is 0 Å². The highest BCUT2D eigenvalue weighted by molar-refractivity contribution is 6.74. The molecular formula is C50H110O18Si15. The highest BCUT2D eigenvalue weighted by atomic mass is 28.4. The third kappa shape index (κ3) is 5.78. The van der Waals surface area contributed by atoms with Gasteiger partial charge in [0.05, 0.1) is 5.86 Å². The van der Waals surface area contributed by atoms with Crippen molar-refractivity contribution in [2.75, 3.05) is 14.2 Å². The summed E-state index contributed by atoms with van der Waals surface area (Å²) in [6.07, 6.45) is 1.98. The minimum Gasteiger partial charge on any atom is -0.534 e. The van der Waals surface area contributed by atoms with E-state index in [0.717, 1.165) is 24.9 Å². The summed E-state index contributed by atoms with van der Waals surface area (Å²) < 4.78 is 139. The Labute approximate surface area is 524 Å². The molecule has 0 aromatic heterocycles. The van der Waals surface area contributed by atoms with Gasteiger partial charge in [0.25, 0.3) is 8.65 Å². The minimum atomic E-state index is -3.45. The molecule has 12 fully saturated rings. The number of methoxy groups -OCH3 is 1. The van der Waals surface area contributed by atoms with E-state index in [-0.39, 0.29) is 0 Å². The van der Waals surface area contributed by atoms with Crippen molar-refractivity contribution in [2.24, 2.45) is 0 Å². The van der Waals surface area contributed by atoms with E-state index in [9.17, 15) is 0 Å². The SMILES string of the molecule is CCC[Si](C)(C)OC12C3(O[SiH2]C)C4(O[SiH2]C)C5(O[SiH2]C)C3(O[SiH2]C)C1(O[Si](C)(C)CCC)C5(O[Si](C)(C)O/C=[Si](\C)OC13C5(O[SiH2]C)C6(O[SiH2]C)C7(OC)C5(O[Si](C)(C)C)C1(O[Si](C)(C)OC)C7(O[Si](C)(C)C)C63O[SiH2]C)C42O[Si](C)(C)C. The van der Waals surface area contributed by atoms with Gasteiger partial charge in [0.1, 0.15) is 0 Å². The standard InChI is InChI=1S/C50H110O18Si15/c1-30-32-80(22,23)65-47-38(56-71-7)37(55-70-6)40(58-73-9)39(38,57-72-8)48(47,66-81(24,25)33-31-2)49(40,46(37,47)64-79(19,20)21)68-83(28,29)53-34-76(12)61-43-41(59-74-10)36(54-69-5)35(51-3)44(41,62-77(13,14)15)50(43,67-82(26,27)52-4)45(35,63-78(16,17)18)42(36,43)60-75-11/h34H,30-33,69-75H2,1-29H3/b76-34+. The first-order valence-corrected chi connectivity index (χ1v) is 69.8. The molecule has 0 aromatic carbocycles. The number of hydrogen-bond donors (Lipinski definition) is 0. The molecule has 0 spiro atoms. The fraction of sp³-hybridized carbons (Fsp3) is 0.980. The fourth-order valence-electron chi connectivity index (χ4n) is 21.8. The van der Waals surface area contributed by atoms with E-state index in [4.69, 9.17) is 80.0 Å². The smallest absolute Gasteiger partial charge is 0.392 e. The summed E-state index contributed by atoms with van der Waals surface area (Å²) in [4.78, 5) is 0. The van der Waals surface area contributed by atoms with Crippen molar-refractivity contribution in [2.45, 2.75) is 292 Å². The van der Waals surface area contributed by atoms with Crippen molar-refractivity contribution in [3.8, 4) is 0 Å². The largest absolute Gasteiger partial charge is 0.534 e. The summed E-state index contributed by atoms with van der Waals surface area (Å²) in [5.41, 5.74) is -17.8. The summed E-state index contributed by atoms with van der Waals surface area (Å²) in [7, 11) is -25.8. The van der Waals surface area contributed by atoms with Crippen molar-refractivity contribution < 1.29 is 80.0 Å². The lowest BCUT2D eigenvalue weighted by atomic mass is 8.87. The van der Waals surface area contributed by atoms with Gasteiger partial charge in [-0.05, 0) is 130 Å². The minimum absolute atomic E-state index is 0.944. The molecule has 12 aliphatic rings. The predicted molar refractivity (Wildman–Crippen MR) is 364 cm³/mol. The summed E-state index contributed by atoms with van der Waals surface area (Å²) >= 11 is 0. The predicted octanol–water partition coefficient (Wildman–Crippen LogP) is 3.53. The van der Waals surface area contributed by atoms with Gasteiger partial charge >= 0.3 is 17.1 Å². The van der Waals surface area contributed by atoms with Crippen molar-refractivity contribution in [3.63, 3.8) is 0 Å². The molecular weight excluding hydrogens is 1310 g/mol. The molecule has 83 heavy (non-hydrogen) atoms. The first kappa shape index (κ1) is 68.0. The molecule has 0 radical (unpaired) electrons. The highest BCUT2D eigenvalue weighted by Gasteiger charge is 3.48. The van der Waals surface area contributed by atoms with Gasteiger partial charge < -0.3 is 80.0 Å². The molecule has 0 amide bonds. The topological polar surface area (TPSA) is 166 Å². The third-order valence-corrected chi connectivity index (χ3v) is 38.3. The number of hydrogen-bond acceptors (Lipinski definition) is 18. The van der Waals surface area contributed by atoms with Crippen molar-refractivity contribution in [3.05, 3.63) is 0 Å². The summed E-state index contributed by atoms with van der Waals surface area (Å²) in [5, 5.41) is 0. The Morgan fingerprint density at radius 3 is 0.867 bits per heavy atom. The maximum atomic E-state index is 8.35. The summed E-state index contributed by atoms with van der Waals surface area (Å²) in [5.74, 6) is 1.96. The van der Waals surface area contributed by atoms with E-state index in [1.165, 1.54) is 0 Å². The molecule has 12 saturated carbocycles. The molecule has 0 N–H and O–H groups in total. The Hall–Kier alpha value is 2.08. The average molecular weight is 1420 g/mol. The molecule has 0 heterocycles. The maximum absolute atomic E-state index is 8.35. The molecule has 0 saturated heterocycles. The van der Waals surface area contributed by atoms with Crippen LogP contribution < -0.4 is 0 Å². The van der Waals surface area contributed by atoms with Crippen LogP contribution in [0.1, 0.15) is 26.7 Å². The normalized spacial score (nSPS) is 47.8. The lowest BCUT2D eigenvalue weighted by Gasteiger charge is -3.24. The molecule has 0 aromatic rings. The van der Waals surface area contributed by atoms with Crippen LogP contribution in [0.5, 0.6) is 0 Å². The molecule has 12 atom stereocenters. The first-order chi connectivity index (χ1) is 38.2. The number of rotatable bonds is 38. The molecule has 0 aliphatic heterocycles. The summed E-state index contributed by atoms with van der Waals surface area (Å²) in [6.45, 7) is 60.3. The summed E-state index contributed by atoms with van der Waals surface area (Å²) in [6, 6.07) is 1.90. The van der Waals surface area contributed by atoms with Crippen LogP contribution in [-0.4, -0.2) is 245 Å². The average Bonchev–Trinajstić information content (AvgIpc) is 0.502. The molecule has 12 aliphatic carbocycles. The lowest BCUT2D eigenvalue weighted by Crippen LogP contribution is -3.53. The van der Waals surface area contributed by atoms with E-state index in [1.54, 1.807) is 14.2 Å². The van der Waals surface area contributed by atoms with Crippen molar-refractivity contribution >= 4 is 142 Å². The van der Waals surface area contributed by atoms with Crippen molar-refractivity contribution in [1.82, 2.24) is 0 Å². The van der Waals surface area contributed by atoms with E-state index < -0.39 is 225 Å². The molecule has 478 valence electrons. The Morgan fingerprint density at radius 2 is 0.590 bits per heavy atom. The van der Waals surface area contributed by atoms with E-state index in [1.807, 2.05) is 5.86 Å². The van der Waals surface area contributed by atoms with Crippen LogP contribution in [-0.2, 0) is 80.0 Å². The Balaban J connectivity index is 1.16. The zero-order chi connectivity index (χ0) is 62.3. The van der Waals surface area contributed by atoms with E-state index in [2.05, 4.69) is 178 Å². The van der Waals surface area contributed by atoms with Gasteiger partial charge in [-0.2, -0.15) is 0 Å². The van der Waals surface area contributed by atoms with Crippen LogP contribution >= 0.6 is 0 Å². The zero-order valence-electron chi connectivity index (χ0n) is 56.7. The molecule has 33 heteroatoms. The van der Waals surface area contributed by atoms with E-state index in [0.29, 0.717) is 0 Å². The Morgan fingerprint density at radius 1 is 0.337 bits per heavy atom. The maximum Gasteiger partial charge on any atom is 0.392 e. The Kier molecular flexibility index (Phi) is 15.9. The third-order valence-electron chi connectivity index (χ3n) is 20.8. The van der Waals surface area contributed by atoms with Crippen LogP contribution in [0.15, 0.2) is 0 Å².